The molecule has 0 aliphatic rings. The van der Waals surface area contributed by atoms with Crippen molar-refractivity contribution in [3.8, 4) is 0 Å². The van der Waals surface area contributed by atoms with Gasteiger partial charge in [0.2, 0.25) is 0 Å². The minimum absolute atomic E-state index is 0.841. The molecule has 0 aromatic carbocycles. The number of hydrogen-bond donors (Lipinski definition) is 0. The number of halogens is 1. The number of rotatable bonds is 4. The largest absolute Gasteiger partial charge is 0.381 e. The van der Waals surface area contributed by atoms with Crippen LogP contribution in [0.3, 0.4) is 0 Å². The van der Waals surface area contributed by atoms with Crippen molar-refractivity contribution in [3.63, 3.8) is 0 Å². The van der Waals surface area contributed by atoms with Gasteiger partial charge in [-0.15, -0.1) is 0 Å². The summed E-state index contributed by atoms with van der Waals surface area (Å²) in [6.45, 7) is 1.74. The third-order valence-corrected chi connectivity index (χ3v) is 0.894. The van der Waals surface area contributed by atoms with Crippen LogP contribution in [0, 0.1) is 0 Å². The summed E-state index contributed by atoms with van der Waals surface area (Å²) >= 11 is 3.25. The Morgan fingerprint density at radius 3 is 2.57 bits per heavy atom. The highest BCUT2D eigenvalue weighted by Crippen LogP contribution is 1.82. The lowest BCUT2D eigenvalue weighted by Gasteiger charge is -1.94. The van der Waals surface area contributed by atoms with E-state index in [1.165, 1.54) is 0 Å². The van der Waals surface area contributed by atoms with Crippen molar-refractivity contribution in [1.29, 1.82) is 0 Å². The Hall–Kier alpha value is 0.505. The molecule has 0 spiro atoms. The van der Waals surface area contributed by atoms with Gasteiger partial charge in [0.15, 0.2) is 0 Å². The Balaban J connectivity index is 2.45. The van der Waals surface area contributed by atoms with Crippen molar-refractivity contribution >= 4 is 23.8 Å². The molecule has 0 saturated heterocycles. The molecule has 0 aliphatic carbocycles. The van der Waals surface area contributed by atoms with Crippen molar-refractivity contribution in [2.24, 2.45) is 0 Å². The van der Waals surface area contributed by atoms with Gasteiger partial charge in [0.1, 0.15) is 7.85 Å². The minimum atomic E-state index is 0.841. The Kier molecular flexibility index (Phi) is 6.97. The van der Waals surface area contributed by atoms with Crippen LogP contribution in [0.25, 0.3) is 0 Å². The van der Waals surface area contributed by atoms with Gasteiger partial charge < -0.3 is 4.74 Å². The lowest BCUT2D eigenvalue weighted by atomic mass is 10.1. The Labute approximate surface area is 54.0 Å². The third-order valence-electron chi connectivity index (χ3n) is 0.570. The lowest BCUT2D eigenvalue weighted by molar-refractivity contribution is 0.165. The van der Waals surface area contributed by atoms with Crippen LogP contribution in [0.1, 0.15) is 0 Å². The Morgan fingerprint density at radius 2 is 2.14 bits per heavy atom. The molecule has 0 bridgehead atoms. The monoisotopic (exact) mass is 164 g/mol. The summed E-state index contributed by atoms with van der Waals surface area (Å²) in [5.74, 6) is 0. The summed E-state index contributed by atoms with van der Waals surface area (Å²) in [6.07, 6.45) is 1.12. The third kappa shape index (κ3) is 6.50. The van der Waals surface area contributed by atoms with E-state index in [0.29, 0.717) is 0 Å². The molecule has 0 aromatic heterocycles. The SMILES string of the molecule is BCCOCCBr. The fraction of sp³-hybridized carbons (Fsp3) is 1.00. The zero-order valence-electron chi connectivity index (χ0n) is 4.61. The normalized spacial score (nSPS) is 9.29. The van der Waals surface area contributed by atoms with E-state index in [9.17, 15) is 0 Å². The summed E-state index contributed by atoms with van der Waals surface area (Å²) in [5.41, 5.74) is 0. The Bertz CT molecular complexity index is 30.9. The van der Waals surface area contributed by atoms with E-state index in [1.54, 1.807) is 0 Å². The van der Waals surface area contributed by atoms with Crippen molar-refractivity contribution in [2.75, 3.05) is 18.5 Å². The van der Waals surface area contributed by atoms with Gasteiger partial charge in [-0.3, -0.25) is 0 Å². The Morgan fingerprint density at radius 1 is 1.43 bits per heavy atom. The molecule has 0 heterocycles. The van der Waals surface area contributed by atoms with Crippen LogP contribution in [0.4, 0.5) is 0 Å². The molecule has 7 heavy (non-hydrogen) atoms. The molecule has 0 aliphatic heterocycles. The fourth-order valence-corrected chi connectivity index (χ4v) is 0.530. The maximum atomic E-state index is 5.09. The van der Waals surface area contributed by atoms with Crippen LogP contribution >= 0.6 is 15.9 Å². The van der Waals surface area contributed by atoms with Gasteiger partial charge in [0, 0.05) is 11.9 Å². The van der Waals surface area contributed by atoms with Crippen LogP contribution in [0.2, 0.25) is 6.32 Å². The van der Waals surface area contributed by atoms with Gasteiger partial charge in [-0.25, -0.2) is 0 Å². The molecular weight excluding hydrogens is 155 g/mol. The topological polar surface area (TPSA) is 9.23 Å². The summed E-state index contributed by atoms with van der Waals surface area (Å²) in [6, 6.07) is 0. The van der Waals surface area contributed by atoms with Crippen LogP contribution in [0.15, 0.2) is 0 Å². The molecule has 0 N–H and O–H groups in total. The average Bonchev–Trinajstić information content (AvgIpc) is 1.69. The molecule has 0 radical (unpaired) electrons. The molecule has 0 unspecified atom stereocenters. The quantitative estimate of drug-likeness (QED) is 0.333. The average molecular weight is 165 g/mol. The first-order chi connectivity index (χ1) is 3.41. The first kappa shape index (κ1) is 7.50. The number of hydrogen-bond acceptors (Lipinski definition) is 1. The van der Waals surface area contributed by atoms with Gasteiger partial charge in [0.05, 0.1) is 6.61 Å². The first-order valence-electron chi connectivity index (χ1n) is 2.55. The van der Waals surface area contributed by atoms with E-state index < -0.39 is 0 Å². The van der Waals surface area contributed by atoms with Gasteiger partial charge in [0.25, 0.3) is 0 Å². The zero-order chi connectivity index (χ0) is 5.54. The van der Waals surface area contributed by atoms with E-state index in [4.69, 9.17) is 4.74 Å². The predicted octanol–water partition coefficient (Wildman–Crippen LogP) is 0.449. The highest BCUT2D eigenvalue weighted by molar-refractivity contribution is 9.09. The molecule has 0 atom stereocenters. The molecule has 0 aromatic rings. The first-order valence-corrected chi connectivity index (χ1v) is 3.67. The predicted molar refractivity (Wildman–Crippen MR) is 38.0 cm³/mol. The second-order valence-corrected chi connectivity index (χ2v) is 2.09. The summed E-state index contributed by atoms with van der Waals surface area (Å²) in [5, 5.41) is 0.951. The summed E-state index contributed by atoms with van der Waals surface area (Å²) in [4.78, 5) is 0. The van der Waals surface area contributed by atoms with Gasteiger partial charge >= 0.3 is 0 Å². The van der Waals surface area contributed by atoms with Crippen molar-refractivity contribution in [3.05, 3.63) is 0 Å². The molecule has 1 nitrogen and oxygen atoms in total. The van der Waals surface area contributed by atoms with E-state index in [0.717, 1.165) is 24.9 Å². The fourth-order valence-electron chi connectivity index (χ4n) is 0.301. The van der Waals surface area contributed by atoms with Gasteiger partial charge in [-0.1, -0.05) is 22.3 Å². The second kappa shape index (κ2) is 6.50. The van der Waals surface area contributed by atoms with Crippen LogP contribution in [-0.4, -0.2) is 26.4 Å². The van der Waals surface area contributed by atoms with E-state index in [1.807, 2.05) is 0 Å². The van der Waals surface area contributed by atoms with Gasteiger partial charge in [-0.2, -0.15) is 0 Å². The molecule has 0 amide bonds. The molecule has 0 saturated carbocycles. The van der Waals surface area contributed by atoms with Crippen molar-refractivity contribution < 1.29 is 4.74 Å². The number of ether oxygens (including phenoxy) is 1. The maximum Gasteiger partial charge on any atom is 0.104 e. The highest BCUT2D eigenvalue weighted by atomic mass is 79.9. The molecule has 0 rings (SSSR count). The van der Waals surface area contributed by atoms with Gasteiger partial charge in [-0.05, 0) is 0 Å². The summed E-state index contributed by atoms with van der Waals surface area (Å²) in [7, 11) is 2.11. The minimum Gasteiger partial charge on any atom is -0.381 e. The molecule has 42 valence electrons. The smallest absolute Gasteiger partial charge is 0.104 e. The van der Waals surface area contributed by atoms with E-state index in [2.05, 4.69) is 23.8 Å². The highest BCUT2D eigenvalue weighted by Gasteiger charge is 1.79. The van der Waals surface area contributed by atoms with Crippen LogP contribution in [-0.2, 0) is 4.74 Å². The summed E-state index contributed by atoms with van der Waals surface area (Å²) < 4.78 is 5.09. The second-order valence-electron chi connectivity index (χ2n) is 1.30. The van der Waals surface area contributed by atoms with Crippen molar-refractivity contribution in [1.82, 2.24) is 0 Å². The zero-order valence-corrected chi connectivity index (χ0v) is 6.20. The van der Waals surface area contributed by atoms with E-state index >= 15 is 0 Å². The van der Waals surface area contributed by atoms with Crippen molar-refractivity contribution in [2.45, 2.75) is 6.32 Å². The molecular formula is C4H10BBrO. The van der Waals surface area contributed by atoms with Crippen LogP contribution < -0.4 is 0 Å². The molecule has 0 fully saturated rings. The number of alkyl halides is 1. The maximum absolute atomic E-state index is 5.09. The standard InChI is InChI=1S/C4H10BBrO/c5-1-3-7-4-2-6/h1-5H2. The lowest BCUT2D eigenvalue weighted by Crippen LogP contribution is -1.95. The van der Waals surface area contributed by atoms with E-state index in [-0.39, 0.29) is 0 Å². The van der Waals surface area contributed by atoms with Crippen LogP contribution in [0.5, 0.6) is 0 Å². The molecule has 3 heteroatoms.